The molecule has 18 heavy (non-hydrogen) atoms. The number of halogens is 1. The smallest absolute Gasteiger partial charge is 0.220 e. The molecule has 1 aromatic carbocycles. The van der Waals surface area contributed by atoms with Crippen LogP contribution in [0.5, 0.6) is 0 Å². The van der Waals surface area contributed by atoms with Crippen molar-refractivity contribution in [2.24, 2.45) is 0 Å². The number of aromatic nitrogens is 2. The quantitative estimate of drug-likeness (QED) is 0.883. The Bertz CT molecular complexity index is 562. The molecule has 0 amide bonds. The van der Waals surface area contributed by atoms with Crippen molar-refractivity contribution >= 4 is 5.95 Å². The van der Waals surface area contributed by atoms with Crippen LogP contribution < -0.4 is 5.73 Å². The standard InChI is InChI=1S/C14H16FN3/c1-8(2)12-9(3)13(18-14(16)17-12)10-4-6-11(15)7-5-10/h4-8H,1-3H3,(H2,16,17,18). The first-order valence-electron chi connectivity index (χ1n) is 5.89. The zero-order valence-electron chi connectivity index (χ0n) is 10.7. The van der Waals surface area contributed by atoms with E-state index in [9.17, 15) is 4.39 Å². The third-order valence-electron chi connectivity index (χ3n) is 2.87. The number of anilines is 1. The normalized spacial score (nSPS) is 10.9. The van der Waals surface area contributed by atoms with Crippen LogP contribution in [-0.4, -0.2) is 9.97 Å². The number of benzene rings is 1. The highest BCUT2D eigenvalue weighted by molar-refractivity contribution is 5.64. The molecule has 0 aliphatic rings. The fraction of sp³-hybridized carbons (Fsp3) is 0.286. The molecule has 1 aromatic heterocycles. The van der Waals surface area contributed by atoms with Crippen LogP contribution in [0.4, 0.5) is 10.3 Å². The van der Waals surface area contributed by atoms with Crippen LogP contribution in [0.25, 0.3) is 11.3 Å². The van der Waals surface area contributed by atoms with Crippen molar-refractivity contribution in [1.29, 1.82) is 0 Å². The van der Waals surface area contributed by atoms with Crippen molar-refractivity contribution in [3.05, 3.63) is 41.3 Å². The molecule has 0 atom stereocenters. The molecule has 1 heterocycles. The SMILES string of the molecule is Cc1c(-c2ccc(F)cc2)nc(N)nc1C(C)C. The van der Waals surface area contributed by atoms with Crippen molar-refractivity contribution in [3.63, 3.8) is 0 Å². The molecule has 0 unspecified atom stereocenters. The lowest BCUT2D eigenvalue weighted by Crippen LogP contribution is -2.06. The zero-order chi connectivity index (χ0) is 13.3. The van der Waals surface area contributed by atoms with Crippen molar-refractivity contribution < 1.29 is 4.39 Å². The highest BCUT2D eigenvalue weighted by atomic mass is 19.1. The highest BCUT2D eigenvalue weighted by Gasteiger charge is 2.13. The van der Waals surface area contributed by atoms with Gasteiger partial charge in [-0.1, -0.05) is 13.8 Å². The van der Waals surface area contributed by atoms with Gasteiger partial charge < -0.3 is 5.73 Å². The molecule has 0 aliphatic carbocycles. The average molecular weight is 245 g/mol. The topological polar surface area (TPSA) is 51.8 Å². The molecule has 94 valence electrons. The lowest BCUT2D eigenvalue weighted by molar-refractivity contribution is 0.628. The van der Waals surface area contributed by atoms with Crippen molar-refractivity contribution in [1.82, 2.24) is 9.97 Å². The molecule has 0 radical (unpaired) electrons. The molecule has 3 nitrogen and oxygen atoms in total. The van der Waals surface area contributed by atoms with E-state index in [1.807, 2.05) is 6.92 Å². The number of rotatable bonds is 2. The van der Waals surface area contributed by atoms with Gasteiger partial charge in [-0.3, -0.25) is 0 Å². The van der Waals surface area contributed by atoms with E-state index in [1.54, 1.807) is 12.1 Å². The van der Waals surface area contributed by atoms with E-state index in [2.05, 4.69) is 23.8 Å². The van der Waals surface area contributed by atoms with Gasteiger partial charge in [0.05, 0.1) is 11.4 Å². The largest absolute Gasteiger partial charge is 0.368 e. The van der Waals surface area contributed by atoms with Gasteiger partial charge >= 0.3 is 0 Å². The van der Waals surface area contributed by atoms with Gasteiger partial charge in [0.2, 0.25) is 5.95 Å². The molecular formula is C14H16FN3. The fourth-order valence-corrected chi connectivity index (χ4v) is 2.00. The van der Waals surface area contributed by atoms with Crippen molar-refractivity contribution in [2.75, 3.05) is 5.73 Å². The summed E-state index contributed by atoms with van der Waals surface area (Å²) in [7, 11) is 0. The summed E-state index contributed by atoms with van der Waals surface area (Å²) < 4.78 is 12.9. The minimum atomic E-state index is -0.262. The predicted octanol–water partition coefficient (Wildman–Crippen LogP) is 3.30. The molecule has 0 aliphatic heterocycles. The molecule has 2 N–H and O–H groups in total. The minimum absolute atomic E-state index is 0.253. The minimum Gasteiger partial charge on any atom is -0.368 e. The Labute approximate surface area is 106 Å². The van der Waals surface area contributed by atoms with E-state index in [4.69, 9.17) is 5.73 Å². The van der Waals surface area contributed by atoms with Crippen LogP contribution in [0.15, 0.2) is 24.3 Å². The van der Waals surface area contributed by atoms with E-state index >= 15 is 0 Å². The molecule has 2 rings (SSSR count). The first-order chi connectivity index (χ1) is 8.49. The van der Waals surface area contributed by atoms with Crippen LogP contribution in [0, 0.1) is 12.7 Å². The van der Waals surface area contributed by atoms with Gasteiger partial charge in [0.15, 0.2) is 0 Å². The maximum atomic E-state index is 12.9. The maximum absolute atomic E-state index is 12.9. The van der Waals surface area contributed by atoms with Gasteiger partial charge in [-0.25, -0.2) is 14.4 Å². The van der Waals surface area contributed by atoms with Gasteiger partial charge in [0.25, 0.3) is 0 Å². The van der Waals surface area contributed by atoms with E-state index < -0.39 is 0 Å². The maximum Gasteiger partial charge on any atom is 0.220 e. The first-order valence-corrected chi connectivity index (χ1v) is 5.89. The molecular weight excluding hydrogens is 229 g/mol. The Kier molecular flexibility index (Phi) is 3.28. The number of nitrogens with zero attached hydrogens (tertiary/aromatic N) is 2. The van der Waals surface area contributed by atoms with Crippen molar-refractivity contribution in [2.45, 2.75) is 26.7 Å². The molecule has 4 heteroatoms. The van der Waals surface area contributed by atoms with Gasteiger partial charge in [-0.05, 0) is 42.7 Å². The summed E-state index contributed by atoms with van der Waals surface area (Å²) in [6.07, 6.45) is 0. The van der Waals surface area contributed by atoms with E-state index in [-0.39, 0.29) is 17.7 Å². The summed E-state index contributed by atoms with van der Waals surface area (Å²) in [6, 6.07) is 6.24. The third-order valence-corrected chi connectivity index (χ3v) is 2.87. The molecule has 0 fully saturated rings. The molecule has 2 aromatic rings. The van der Waals surface area contributed by atoms with Gasteiger partial charge in [0.1, 0.15) is 5.82 Å². The predicted molar refractivity (Wildman–Crippen MR) is 70.7 cm³/mol. The van der Waals surface area contributed by atoms with Crippen LogP contribution >= 0.6 is 0 Å². The van der Waals surface area contributed by atoms with E-state index in [1.165, 1.54) is 12.1 Å². The Morgan fingerprint density at radius 3 is 2.28 bits per heavy atom. The Morgan fingerprint density at radius 2 is 1.72 bits per heavy atom. The second-order valence-corrected chi connectivity index (χ2v) is 4.60. The lowest BCUT2D eigenvalue weighted by Gasteiger charge is -2.13. The monoisotopic (exact) mass is 245 g/mol. The summed E-state index contributed by atoms with van der Waals surface area (Å²) in [6.45, 7) is 6.08. The molecule has 0 saturated heterocycles. The van der Waals surface area contributed by atoms with E-state index in [0.717, 1.165) is 22.5 Å². The van der Waals surface area contributed by atoms with E-state index in [0.29, 0.717) is 0 Å². The number of nitrogen functional groups attached to an aromatic ring is 1. The third kappa shape index (κ3) is 2.32. The average Bonchev–Trinajstić information content (AvgIpc) is 2.32. The second kappa shape index (κ2) is 4.72. The van der Waals surface area contributed by atoms with Crippen LogP contribution in [0.1, 0.15) is 31.0 Å². The summed E-state index contributed by atoms with van der Waals surface area (Å²) >= 11 is 0. The summed E-state index contributed by atoms with van der Waals surface area (Å²) in [4.78, 5) is 8.53. The molecule has 0 saturated carbocycles. The lowest BCUT2D eigenvalue weighted by atomic mass is 10.00. The first kappa shape index (κ1) is 12.5. The molecule has 0 spiro atoms. The van der Waals surface area contributed by atoms with Crippen LogP contribution in [-0.2, 0) is 0 Å². The number of hydrogen-bond acceptors (Lipinski definition) is 3. The zero-order valence-corrected chi connectivity index (χ0v) is 10.7. The number of hydrogen-bond donors (Lipinski definition) is 1. The van der Waals surface area contributed by atoms with Gasteiger partial charge in [0, 0.05) is 5.56 Å². The Hall–Kier alpha value is -1.97. The Morgan fingerprint density at radius 1 is 1.11 bits per heavy atom. The number of nitrogens with two attached hydrogens (primary N) is 1. The second-order valence-electron chi connectivity index (χ2n) is 4.60. The Balaban J connectivity index is 2.60. The van der Waals surface area contributed by atoms with Crippen LogP contribution in [0.3, 0.4) is 0 Å². The summed E-state index contributed by atoms with van der Waals surface area (Å²) in [5.41, 5.74) is 9.28. The fourth-order valence-electron chi connectivity index (χ4n) is 2.00. The van der Waals surface area contributed by atoms with Crippen molar-refractivity contribution in [3.8, 4) is 11.3 Å². The molecule has 0 bridgehead atoms. The highest BCUT2D eigenvalue weighted by Crippen LogP contribution is 2.27. The van der Waals surface area contributed by atoms with Gasteiger partial charge in [-0.15, -0.1) is 0 Å². The summed E-state index contributed by atoms with van der Waals surface area (Å²) in [5.74, 6) is 0.264. The van der Waals surface area contributed by atoms with Crippen LogP contribution in [0.2, 0.25) is 0 Å². The van der Waals surface area contributed by atoms with Gasteiger partial charge in [-0.2, -0.15) is 0 Å². The summed E-state index contributed by atoms with van der Waals surface area (Å²) in [5, 5.41) is 0.